The van der Waals surface area contributed by atoms with Gasteiger partial charge in [0.1, 0.15) is 11.6 Å². The Bertz CT molecular complexity index is 511. The number of carbonyl (C=O) groups excluding carboxylic acids is 1. The summed E-state index contributed by atoms with van der Waals surface area (Å²) in [6.07, 6.45) is 3.58. The minimum absolute atomic E-state index is 0.131. The first-order valence-corrected chi connectivity index (χ1v) is 5.51. The lowest BCUT2D eigenvalue weighted by Gasteiger charge is -2.06. The van der Waals surface area contributed by atoms with Crippen molar-refractivity contribution in [3.63, 3.8) is 0 Å². The van der Waals surface area contributed by atoms with Crippen LogP contribution in [0.4, 0.5) is 4.39 Å². The molecule has 0 unspecified atom stereocenters. The van der Waals surface area contributed by atoms with Crippen molar-refractivity contribution in [3.8, 4) is 5.75 Å². The Morgan fingerprint density at radius 2 is 2.28 bits per heavy atom. The third kappa shape index (κ3) is 3.62. The Kier molecular flexibility index (Phi) is 3.96. The number of carbonyl (C=O) groups is 1. The predicted molar refractivity (Wildman–Crippen MR) is 64.5 cm³/mol. The van der Waals surface area contributed by atoms with Crippen LogP contribution in [0.5, 0.6) is 5.75 Å². The minimum Gasteiger partial charge on any atom is -0.484 e. The van der Waals surface area contributed by atoms with Crippen molar-refractivity contribution in [2.75, 3.05) is 6.61 Å². The predicted octanol–water partition coefficient (Wildman–Crippen LogP) is 1.85. The summed E-state index contributed by atoms with van der Waals surface area (Å²) < 4.78 is 18.0. The van der Waals surface area contributed by atoms with Gasteiger partial charge in [0.25, 0.3) is 5.91 Å². The molecule has 1 heterocycles. The van der Waals surface area contributed by atoms with E-state index in [1.165, 1.54) is 18.2 Å². The van der Waals surface area contributed by atoms with Crippen molar-refractivity contribution in [1.29, 1.82) is 0 Å². The molecule has 94 valence electrons. The third-order valence-electron chi connectivity index (χ3n) is 2.32. The Hall–Kier alpha value is -2.30. The molecular formula is C13H13FN2O2. The number of aromatic amines is 1. The lowest BCUT2D eigenvalue weighted by Crippen LogP contribution is -2.28. The van der Waals surface area contributed by atoms with Crippen LogP contribution in [-0.2, 0) is 11.3 Å². The van der Waals surface area contributed by atoms with Gasteiger partial charge in [-0.25, -0.2) is 4.39 Å². The van der Waals surface area contributed by atoms with Gasteiger partial charge in [0.15, 0.2) is 6.61 Å². The zero-order valence-electron chi connectivity index (χ0n) is 9.65. The highest BCUT2D eigenvalue weighted by Crippen LogP contribution is 2.11. The molecule has 1 amide bonds. The Morgan fingerprint density at radius 3 is 3.00 bits per heavy atom. The summed E-state index contributed by atoms with van der Waals surface area (Å²) in [6, 6.07) is 7.55. The van der Waals surface area contributed by atoms with E-state index >= 15 is 0 Å². The standard InChI is InChI=1S/C13H13FN2O2/c14-11-2-1-3-12(6-11)18-9-13(17)16-8-10-4-5-15-7-10/h1-7,15H,8-9H2,(H,16,17). The van der Waals surface area contributed by atoms with E-state index in [-0.39, 0.29) is 18.3 Å². The van der Waals surface area contributed by atoms with Crippen molar-refractivity contribution in [1.82, 2.24) is 10.3 Å². The van der Waals surface area contributed by atoms with Crippen LogP contribution in [0.1, 0.15) is 5.56 Å². The molecule has 2 rings (SSSR count). The van der Waals surface area contributed by atoms with Gasteiger partial charge in [0, 0.05) is 25.0 Å². The summed E-state index contributed by atoms with van der Waals surface area (Å²) in [7, 11) is 0. The van der Waals surface area contributed by atoms with Crippen LogP contribution in [0.15, 0.2) is 42.7 Å². The van der Waals surface area contributed by atoms with E-state index in [1.54, 1.807) is 18.5 Å². The molecule has 0 atom stereocenters. The number of benzene rings is 1. The van der Waals surface area contributed by atoms with E-state index in [1.807, 2.05) is 6.07 Å². The first kappa shape index (κ1) is 12.2. The number of halogens is 1. The topological polar surface area (TPSA) is 54.1 Å². The molecule has 1 aromatic carbocycles. The Labute approximate surface area is 104 Å². The van der Waals surface area contributed by atoms with Gasteiger partial charge >= 0.3 is 0 Å². The van der Waals surface area contributed by atoms with Gasteiger partial charge in [-0.1, -0.05) is 6.07 Å². The van der Waals surface area contributed by atoms with Crippen LogP contribution in [0, 0.1) is 5.82 Å². The summed E-state index contributed by atoms with van der Waals surface area (Å²) in [4.78, 5) is 14.3. The van der Waals surface area contributed by atoms with E-state index < -0.39 is 0 Å². The Morgan fingerprint density at radius 1 is 1.39 bits per heavy atom. The largest absolute Gasteiger partial charge is 0.484 e. The highest BCUT2D eigenvalue weighted by molar-refractivity contribution is 5.77. The molecule has 0 radical (unpaired) electrons. The molecule has 5 heteroatoms. The maximum absolute atomic E-state index is 12.8. The summed E-state index contributed by atoms with van der Waals surface area (Å²) in [6.45, 7) is 0.308. The lowest BCUT2D eigenvalue weighted by atomic mass is 10.3. The molecule has 0 spiro atoms. The highest BCUT2D eigenvalue weighted by atomic mass is 19.1. The fourth-order valence-electron chi connectivity index (χ4n) is 1.43. The minimum atomic E-state index is -0.389. The summed E-state index contributed by atoms with van der Waals surface area (Å²) >= 11 is 0. The molecule has 0 saturated heterocycles. The average molecular weight is 248 g/mol. The number of ether oxygens (including phenoxy) is 1. The molecule has 4 nitrogen and oxygen atoms in total. The molecule has 0 saturated carbocycles. The van der Waals surface area contributed by atoms with Crippen LogP contribution >= 0.6 is 0 Å². The third-order valence-corrected chi connectivity index (χ3v) is 2.32. The van der Waals surface area contributed by atoms with E-state index in [0.29, 0.717) is 12.3 Å². The van der Waals surface area contributed by atoms with Crippen molar-refractivity contribution in [3.05, 3.63) is 54.1 Å². The van der Waals surface area contributed by atoms with Crippen LogP contribution in [-0.4, -0.2) is 17.5 Å². The van der Waals surface area contributed by atoms with Gasteiger partial charge in [0.2, 0.25) is 0 Å². The normalized spacial score (nSPS) is 10.1. The van der Waals surface area contributed by atoms with Crippen LogP contribution in [0.25, 0.3) is 0 Å². The number of hydrogen-bond acceptors (Lipinski definition) is 2. The summed E-state index contributed by atoms with van der Waals surface area (Å²) in [5, 5.41) is 2.69. The number of rotatable bonds is 5. The number of H-pyrrole nitrogens is 1. The van der Waals surface area contributed by atoms with Crippen LogP contribution < -0.4 is 10.1 Å². The van der Waals surface area contributed by atoms with Crippen LogP contribution in [0.2, 0.25) is 0 Å². The molecule has 2 aromatic rings. The fourth-order valence-corrected chi connectivity index (χ4v) is 1.43. The van der Waals surface area contributed by atoms with Crippen molar-refractivity contribution < 1.29 is 13.9 Å². The molecule has 0 fully saturated rings. The average Bonchev–Trinajstić information content (AvgIpc) is 2.87. The van der Waals surface area contributed by atoms with E-state index in [4.69, 9.17) is 4.74 Å². The smallest absolute Gasteiger partial charge is 0.258 e. The highest BCUT2D eigenvalue weighted by Gasteiger charge is 2.03. The molecule has 0 aliphatic heterocycles. The maximum Gasteiger partial charge on any atom is 0.258 e. The number of amides is 1. The van der Waals surface area contributed by atoms with E-state index in [9.17, 15) is 9.18 Å². The molecule has 0 aliphatic rings. The van der Waals surface area contributed by atoms with Gasteiger partial charge in [-0.05, 0) is 23.8 Å². The second kappa shape index (κ2) is 5.86. The molecule has 0 bridgehead atoms. The lowest BCUT2D eigenvalue weighted by molar-refractivity contribution is -0.123. The molecular weight excluding hydrogens is 235 g/mol. The zero-order valence-corrected chi connectivity index (χ0v) is 9.65. The quantitative estimate of drug-likeness (QED) is 0.848. The second-order valence-corrected chi connectivity index (χ2v) is 3.74. The maximum atomic E-state index is 12.8. The Balaban J connectivity index is 1.75. The van der Waals surface area contributed by atoms with E-state index in [2.05, 4.69) is 10.3 Å². The van der Waals surface area contributed by atoms with E-state index in [0.717, 1.165) is 5.56 Å². The first-order valence-electron chi connectivity index (χ1n) is 5.51. The zero-order chi connectivity index (χ0) is 12.8. The molecule has 18 heavy (non-hydrogen) atoms. The number of hydrogen-bond donors (Lipinski definition) is 2. The van der Waals surface area contributed by atoms with Crippen LogP contribution in [0.3, 0.4) is 0 Å². The molecule has 0 aliphatic carbocycles. The SMILES string of the molecule is O=C(COc1cccc(F)c1)NCc1cc[nH]c1. The van der Waals surface area contributed by atoms with Crippen molar-refractivity contribution >= 4 is 5.91 Å². The van der Waals surface area contributed by atoms with Gasteiger partial charge in [0.05, 0.1) is 0 Å². The number of nitrogens with one attached hydrogen (secondary N) is 2. The van der Waals surface area contributed by atoms with Crippen molar-refractivity contribution in [2.24, 2.45) is 0 Å². The second-order valence-electron chi connectivity index (χ2n) is 3.74. The van der Waals surface area contributed by atoms with Gasteiger partial charge in [-0.2, -0.15) is 0 Å². The summed E-state index contributed by atoms with van der Waals surface area (Å²) in [5.74, 6) is -0.299. The van der Waals surface area contributed by atoms with Gasteiger partial charge < -0.3 is 15.0 Å². The van der Waals surface area contributed by atoms with Gasteiger partial charge in [-0.3, -0.25) is 4.79 Å². The van der Waals surface area contributed by atoms with Crippen molar-refractivity contribution in [2.45, 2.75) is 6.54 Å². The monoisotopic (exact) mass is 248 g/mol. The number of aromatic nitrogens is 1. The first-order chi connectivity index (χ1) is 8.74. The molecule has 1 aromatic heterocycles. The molecule has 2 N–H and O–H groups in total. The van der Waals surface area contributed by atoms with Gasteiger partial charge in [-0.15, -0.1) is 0 Å². The summed E-state index contributed by atoms with van der Waals surface area (Å²) in [5.41, 5.74) is 0.981. The fraction of sp³-hybridized carbons (Fsp3) is 0.154.